The van der Waals surface area contributed by atoms with Crippen LogP contribution in [0.5, 0.6) is 0 Å². The average Bonchev–Trinajstić information content (AvgIpc) is 3.01. The molecule has 4 aromatic rings. The van der Waals surface area contributed by atoms with E-state index in [1.54, 1.807) is 18.2 Å². The van der Waals surface area contributed by atoms with Crippen LogP contribution in [-0.4, -0.2) is 15.0 Å². The van der Waals surface area contributed by atoms with E-state index in [2.05, 4.69) is 31.7 Å². The zero-order valence-electron chi connectivity index (χ0n) is 13.8. The van der Waals surface area contributed by atoms with Gasteiger partial charge < -0.3 is 16.4 Å². The Morgan fingerprint density at radius 3 is 2.62 bits per heavy atom. The van der Waals surface area contributed by atoms with Gasteiger partial charge in [0, 0.05) is 0 Å². The summed E-state index contributed by atoms with van der Waals surface area (Å²) in [5, 5.41) is 6.69. The number of nitrogens with zero attached hydrogens (tertiary/aromatic N) is 3. The van der Waals surface area contributed by atoms with Gasteiger partial charge in [-0.3, -0.25) is 0 Å². The van der Waals surface area contributed by atoms with Crippen LogP contribution in [0.15, 0.2) is 48.8 Å². The number of aryl methyl sites for hydroxylation is 1. The van der Waals surface area contributed by atoms with Crippen molar-refractivity contribution in [3.05, 3.63) is 60.2 Å². The molecule has 2 heterocycles. The zero-order chi connectivity index (χ0) is 18.1. The molecule has 130 valence electrons. The number of fused-ring (bicyclic) bond motifs is 1. The maximum absolute atomic E-state index is 13.8. The third-order valence-electron chi connectivity index (χ3n) is 3.78. The van der Waals surface area contributed by atoms with Crippen molar-refractivity contribution in [3.8, 4) is 0 Å². The van der Waals surface area contributed by atoms with Crippen LogP contribution in [0.25, 0.3) is 10.2 Å². The van der Waals surface area contributed by atoms with Gasteiger partial charge in [-0.1, -0.05) is 29.5 Å². The van der Waals surface area contributed by atoms with Gasteiger partial charge in [-0.2, -0.15) is 0 Å². The zero-order valence-corrected chi connectivity index (χ0v) is 14.6. The molecular weight excluding hydrogens is 351 g/mol. The normalized spacial score (nSPS) is 10.8. The second kappa shape index (κ2) is 6.57. The highest BCUT2D eigenvalue weighted by molar-refractivity contribution is 7.22. The summed E-state index contributed by atoms with van der Waals surface area (Å²) in [6.07, 6.45) is 1.36. The van der Waals surface area contributed by atoms with Crippen LogP contribution in [0.1, 0.15) is 5.56 Å². The van der Waals surface area contributed by atoms with Crippen LogP contribution in [0, 0.1) is 12.7 Å². The molecule has 0 aliphatic rings. The predicted octanol–water partition coefficient (Wildman–Crippen LogP) is 4.60. The van der Waals surface area contributed by atoms with Crippen molar-refractivity contribution < 1.29 is 4.39 Å². The summed E-state index contributed by atoms with van der Waals surface area (Å²) in [4.78, 5) is 12.8. The number of nitrogens with two attached hydrogens (primary N) is 1. The minimum absolute atomic E-state index is 0.284. The van der Waals surface area contributed by atoms with E-state index in [0.29, 0.717) is 22.5 Å². The lowest BCUT2D eigenvalue weighted by atomic mass is 10.2. The first kappa shape index (κ1) is 16.2. The lowest BCUT2D eigenvalue weighted by Crippen LogP contribution is -2.05. The Hall–Kier alpha value is -3.26. The predicted molar refractivity (Wildman–Crippen MR) is 104 cm³/mol. The molecule has 0 saturated carbocycles. The lowest BCUT2D eigenvalue weighted by Gasteiger charge is -2.11. The van der Waals surface area contributed by atoms with Crippen LogP contribution in [0.4, 0.5) is 32.5 Å². The number of hydrogen-bond donors (Lipinski definition) is 3. The molecule has 0 fully saturated rings. The van der Waals surface area contributed by atoms with Crippen LogP contribution < -0.4 is 16.4 Å². The number of rotatable bonds is 4. The van der Waals surface area contributed by atoms with Gasteiger partial charge >= 0.3 is 0 Å². The van der Waals surface area contributed by atoms with E-state index in [9.17, 15) is 4.39 Å². The number of halogens is 1. The molecule has 26 heavy (non-hydrogen) atoms. The Bertz CT molecular complexity index is 1090. The first-order valence-corrected chi connectivity index (χ1v) is 8.68. The Morgan fingerprint density at radius 1 is 1.04 bits per heavy atom. The average molecular weight is 366 g/mol. The molecule has 4 N–H and O–H groups in total. The fourth-order valence-corrected chi connectivity index (χ4v) is 3.43. The van der Waals surface area contributed by atoms with E-state index < -0.39 is 0 Å². The van der Waals surface area contributed by atoms with Crippen molar-refractivity contribution >= 4 is 49.7 Å². The first-order valence-electron chi connectivity index (χ1n) is 7.86. The Balaban J connectivity index is 1.63. The number of thiazole rings is 1. The molecule has 0 saturated heterocycles. The number of benzene rings is 2. The van der Waals surface area contributed by atoms with E-state index >= 15 is 0 Å². The fraction of sp³-hybridized carbons (Fsp3) is 0.0556. The topological polar surface area (TPSA) is 88.8 Å². The second-order valence-corrected chi connectivity index (χ2v) is 6.74. The number of hydrogen-bond acceptors (Lipinski definition) is 7. The number of nitrogens with one attached hydrogen (secondary N) is 2. The smallest absolute Gasteiger partial charge is 0.189 e. The van der Waals surface area contributed by atoms with E-state index in [4.69, 9.17) is 5.73 Å². The molecule has 0 spiro atoms. The van der Waals surface area contributed by atoms with Gasteiger partial charge in [-0.15, -0.1) is 0 Å². The summed E-state index contributed by atoms with van der Waals surface area (Å²) in [5.74, 6) is 0.348. The number of anilines is 5. The van der Waals surface area contributed by atoms with Crippen LogP contribution >= 0.6 is 11.3 Å². The lowest BCUT2D eigenvalue weighted by molar-refractivity contribution is 0.632. The molecule has 0 radical (unpaired) electrons. The molecule has 0 amide bonds. The van der Waals surface area contributed by atoms with Crippen molar-refractivity contribution in [3.63, 3.8) is 0 Å². The third-order valence-corrected chi connectivity index (χ3v) is 4.71. The number of para-hydroxylation sites is 1. The van der Waals surface area contributed by atoms with Gasteiger partial charge in [0.05, 0.1) is 15.9 Å². The van der Waals surface area contributed by atoms with Crippen molar-refractivity contribution in [2.75, 3.05) is 16.4 Å². The summed E-state index contributed by atoms with van der Waals surface area (Å²) in [5.41, 5.74) is 8.80. The molecule has 0 aliphatic heterocycles. The molecule has 6 nitrogen and oxygen atoms in total. The highest BCUT2D eigenvalue weighted by Crippen LogP contribution is 2.32. The number of aromatic nitrogens is 3. The van der Waals surface area contributed by atoms with Crippen molar-refractivity contribution in [2.45, 2.75) is 6.92 Å². The minimum Gasteiger partial charge on any atom is -0.393 e. The molecule has 4 rings (SSSR count). The highest BCUT2D eigenvalue weighted by Gasteiger charge is 2.12. The van der Waals surface area contributed by atoms with Crippen LogP contribution in [-0.2, 0) is 0 Å². The van der Waals surface area contributed by atoms with Gasteiger partial charge in [0.25, 0.3) is 0 Å². The molecule has 0 atom stereocenters. The van der Waals surface area contributed by atoms with E-state index in [0.717, 1.165) is 10.2 Å². The fourth-order valence-electron chi connectivity index (χ4n) is 2.47. The van der Waals surface area contributed by atoms with E-state index in [1.807, 2.05) is 19.1 Å². The second-order valence-electron chi connectivity index (χ2n) is 5.70. The Kier molecular flexibility index (Phi) is 4.10. The van der Waals surface area contributed by atoms with E-state index in [-0.39, 0.29) is 11.5 Å². The molecule has 0 unspecified atom stereocenters. The summed E-state index contributed by atoms with van der Waals surface area (Å²) in [7, 11) is 0. The maximum Gasteiger partial charge on any atom is 0.189 e. The Labute approximate surface area is 152 Å². The van der Waals surface area contributed by atoms with Gasteiger partial charge in [-0.05, 0) is 36.8 Å². The Morgan fingerprint density at radius 2 is 1.81 bits per heavy atom. The van der Waals surface area contributed by atoms with E-state index in [1.165, 1.54) is 29.3 Å². The van der Waals surface area contributed by atoms with Crippen molar-refractivity contribution in [1.82, 2.24) is 15.0 Å². The van der Waals surface area contributed by atoms with Crippen molar-refractivity contribution in [1.29, 1.82) is 0 Å². The largest absolute Gasteiger partial charge is 0.393 e. The molecular formula is C18H15FN6S. The summed E-state index contributed by atoms with van der Waals surface area (Å²) >= 11 is 1.51. The van der Waals surface area contributed by atoms with Gasteiger partial charge in [0.15, 0.2) is 16.8 Å². The van der Waals surface area contributed by atoms with Gasteiger partial charge in [0.1, 0.15) is 17.8 Å². The monoisotopic (exact) mass is 366 g/mol. The SMILES string of the molecule is Cc1ccc2nc(Nc3ncnc(Nc4ccccc4F)c3N)sc2c1. The maximum atomic E-state index is 13.8. The van der Waals surface area contributed by atoms with Gasteiger partial charge in [-0.25, -0.2) is 19.3 Å². The third kappa shape index (κ3) is 3.14. The first-order chi connectivity index (χ1) is 12.6. The summed E-state index contributed by atoms with van der Waals surface area (Å²) < 4.78 is 14.9. The van der Waals surface area contributed by atoms with Crippen LogP contribution in [0.2, 0.25) is 0 Å². The standard InChI is InChI=1S/C18H15FN6S/c1-10-6-7-13-14(8-10)26-18(24-13)25-17-15(20)16(21-9-22-17)23-12-5-3-2-4-11(12)19/h2-9H,20H2,1H3,(H2,21,22,23,24,25). The quantitative estimate of drug-likeness (QED) is 0.489. The molecule has 0 bridgehead atoms. The highest BCUT2D eigenvalue weighted by atomic mass is 32.1. The molecule has 0 aliphatic carbocycles. The van der Waals surface area contributed by atoms with Gasteiger partial charge in [0.2, 0.25) is 0 Å². The van der Waals surface area contributed by atoms with Crippen molar-refractivity contribution in [2.24, 2.45) is 0 Å². The summed E-state index contributed by atoms with van der Waals surface area (Å²) in [6.45, 7) is 2.04. The molecule has 2 aromatic heterocycles. The summed E-state index contributed by atoms with van der Waals surface area (Å²) in [6, 6.07) is 12.4. The minimum atomic E-state index is -0.387. The van der Waals surface area contributed by atoms with Crippen LogP contribution in [0.3, 0.4) is 0 Å². The molecule has 2 aromatic carbocycles. The molecule has 8 heteroatoms. The number of nitrogen functional groups attached to an aromatic ring is 1.